The van der Waals surface area contributed by atoms with Crippen LogP contribution in [0.4, 0.5) is 30.7 Å². The minimum absolute atomic E-state index is 0.0642. The normalized spacial score (nSPS) is 11.6. The van der Waals surface area contributed by atoms with Gasteiger partial charge in [-0.25, -0.2) is 17.6 Å². The average Bonchev–Trinajstić information content (AvgIpc) is 2.74. The first-order chi connectivity index (χ1) is 15.1. The van der Waals surface area contributed by atoms with E-state index in [2.05, 4.69) is 15.2 Å². The second kappa shape index (κ2) is 8.03. The van der Waals surface area contributed by atoms with E-state index in [4.69, 9.17) is 0 Å². The number of pyridine rings is 1. The molecule has 3 nitrogen and oxygen atoms in total. The van der Waals surface area contributed by atoms with Crippen molar-refractivity contribution >= 4 is 0 Å². The van der Waals surface area contributed by atoms with Crippen molar-refractivity contribution < 1.29 is 30.7 Å². The Morgan fingerprint density at radius 2 is 1.44 bits per heavy atom. The van der Waals surface area contributed by atoms with E-state index in [9.17, 15) is 30.7 Å². The monoisotopic (exact) mass is 449 g/mol. The zero-order chi connectivity index (χ0) is 23.0. The largest absolute Gasteiger partial charge is 0.416 e. The molecule has 4 aromatic rings. The van der Waals surface area contributed by atoms with Crippen LogP contribution in [0.3, 0.4) is 0 Å². The van der Waals surface area contributed by atoms with Gasteiger partial charge in [-0.15, -0.1) is 0 Å². The van der Waals surface area contributed by atoms with E-state index >= 15 is 0 Å². The van der Waals surface area contributed by atoms with E-state index in [0.717, 1.165) is 18.3 Å². The molecule has 2 aromatic heterocycles. The molecule has 2 heterocycles. The summed E-state index contributed by atoms with van der Waals surface area (Å²) in [5, 5.41) is 7.48. The molecule has 32 heavy (non-hydrogen) atoms. The van der Waals surface area contributed by atoms with Crippen LogP contribution in [-0.4, -0.2) is 15.2 Å². The molecule has 0 aliphatic carbocycles. The molecule has 0 saturated carbocycles. The van der Waals surface area contributed by atoms with Crippen molar-refractivity contribution in [2.75, 3.05) is 0 Å². The van der Waals surface area contributed by atoms with Crippen molar-refractivity contribution in [1.82, 2.24) is 15.2 Å². The molecular weight excluding hydrogens is 439 g/mol. The Labute approximate surface area is 176 Å². The molecule has 0 N–H and O–H groups in total. The van der Waals surface area contributed by atoms with Crippen LogP contribution in [0.2, 0.25) is 0 Å². The van der Waals surface area contributed by atoms with Gasteiger partial charge < -0.3 is 0 Å². The molecule has 0 bridgehead atoms. The summed E-state index contributed by atoms with van der Waals surface area (Å²) in [5.74, 6) is -3.96. The maximum atomic E-state index is 14.3. The fourth-order valence-electron chi connectivity index (χ4n) is 3.05. The van der Waals surface area contributed by atoms with E-state index in [0.29, 0.717) is 29.3 Å². The molecular formula is C22H10F7N3. The zero-order valence-electron chi connectivity index (χ0n) is 15.8. The second-order valence-corrected chi connectivity index (χ2v) is 6.70. The SMILES string of the molecule is Fc1cnc(-c2cc(-c3cnnc(-c4ccc(C(F)(F)F)cc4F)c3)ccc2F)c(F)c1. The standard InChI is InChI=1S/C22H10F7N3/c23-14-8-19(26)21(30-10-14)16-5-11(1-4-17(16)24)12-6-20(32-31-9-12)15-3-2-13(7-18(15)25)22(27,28)29/h1-10H. The maximum absolute atomic E-state index is 14.3. The van der Waals surface area contributed by atoms with Crippen molar-refractivity contribution in [2.45, 2.75) is 6.18 Å². The zero-order valence-corrected chi connectivity index (χ0v) is 15.8. The lowest BCUT2D eigenvalue weighted by molar-refractivity contribution is -0.137. The van der Waals surface area contributed by atoms with Crippen molar-refractivity contribution in [2.24, 2.45) is 0 Å². The molecule has 0 spiro atoms. The molecule has 0 aliphatic rings. The van der Waals surface area contributed by atoms with Gasteiger partial charge in [0.1, 0.15) is 23.1 Å². The lowest BCUT2D eigenvalue weighted by Gasteiger charge is -2.10. The predicted molar refractivity (Wildman–Crippen MR) is 101 cm³/mol. The van der Waals surface area contributed by atoms with Gasteiger partial charge in [0.15, 0.2) is 5.82 Å². The second-order valence-electron chi connectivity index (χ2n) is 6.70. The van der Waals surface area contributed by atoms with Crippen LogP contribution in [0, 0.1) is 23.3 Å². The smallest absolute Gasteiger partial charge is 0.250 e. The van der Waals surface area contributed by atoms with Crippen molar-refractivity contribution in [3.63, 3.8) is 0 Å². The Morgan fingerprint density at radius 3 is 2.12 bits per heavy atom. The number of benzene rings is 2. The van der Waals surface area contributed by atoms with Crippen LogP contribution in [0.5, 0.6) is 0 Å². The molecule has 10 heteroatoms. The van der Waals surface area contributed by atoms with E-state index in [1.165, 1.54) is 24.4 Å². The van der Waals surface area contributed by atoms with Gasteiger partial charge in [-0.2, -0.15) is 23.4 Å². The lowest BCUT2D eigenvalue weighted by Crippen LogP contribution is -2.05. The van der Waals surface area contributed by atoms with Gasteiger partial charge in [0.25, 0.3) is 0 Å². The Balaban J connectivity index is 1.76. The first-order valence-electron chi connectivity index (χ1n) is 8.94. The van der Waals surface area contributed by atoms with Crippen molar-refractivity contribution in [3.05, 3.63) is 89.8 Å². The molecule has 0 unspecified atom stereocenters. The van der Waals surface area contributed by atoms with Crippen LogP contribution >= 0.6 is 0 Å². The topological polar surface area (TPSA) is 38.7 Å². The average molecular weight is 449 g/mol. The minimum atomic E-state index is -4.71. The van der Waals surface area contributed by atoms with Crippen LogP contribution < -0.4 is 0 Å². The van der Waals surface area contributed by atoms with Gasteiger partial charge in [-0.3, -0.25) is 4.98 Å². The Hall–Kier alpha value is -3.82. The summed E-state index contributed by atoms with van der Waals surface area (Å²) in [6.45, 7) is 0. The molecule has 162 valence electrons. The fraction of sp³-hybridized carbons (Fsp3) is 0.0455. The molecule has 0 radical (unpaired) electrons. The lowest BCUT2D eigenvalue weighted by atomic mass is 10.00. The highest BCUT2D eigenvalue weighted by atomic mass is 19.4. The quantitative estimate of drug-likeness (QED) is 0.338. The molecule has 0 aliphatic heterocycles. The summed E-state index contributed by atoms with van der Waals surface area (Å²) in [5.41, 5.74) is -1.49. The number of nitrogens with zero attached hydrogens (tertiary/aromatic N) is 3. The number of alkyl halides is 3. The van der Waals surface area contributed by atoms with Gasteiger partial charge in [0, 0.05) is 22.8 Å². The fourth-order valence-corrected chi connectivity index (χ4v) is 3.05. The molecule has 0 amide bonds. The van der Waals surface area contributed by atoms with Gasteiger partial charge in [-0.05, 0) is 42.0 Å². The van der Waals surface area contributed by atoms with E-state index in [-0.39, 0.29) is 16.8 Å². The number of aromatic nitrogens is 3. The van der Waals surface area contributed by atoms with Crippen LogP contribution in [0.25, 0.3) is 33.6 Å². The van der Waals surface area contributed by atoms with Crippen molar-refractivity contribution in [1.29, 1.82) is 0 Å². The predicted octanol–water partition coefficient (Wildman–Crippen LogP) is 6.45. The summed E-state index contributed by atoms with van der Waals surface area (Å²) >= 11 is 0. The first-order valence-corrected chi connectivity index (χ1v) is 8.94. The molecule has 2 aromatic carbocycles. The Bertz CT molecular complexity index is 1320. The van der Waals surface area contributed by atoms with E-state index < -0.39 is 40.7 Å². The molecule has 0 fully saturated rings. The number of rotatable bonds is 3. The summed E-state index contributed by atoms with van der Waals surface area (Å²) in [6, 6.07) is 7.51. The number of hydrogen-bond acceptors (Lipinski definition) is 3. The summed E-state index contributed by atoms with van der Waals surface area (Å²) < 4.78 is 94.2. The Morgan fingerprint density at radius 1 is 0.656 bits per heavy atom. The van der Waals surface area contributed by atoms with Gasteiger partial charge in [0.2, 0.25) is 0 Å². The highest BCUT2D eigenvalue weighted by Crippen LogP contribution is 2.34. The number of halogens is 7. The highest BCUT2D eigenvalue weighted by Gasteiger charge is 2.31. The Kier molecular flexibility index (Phi) is 5.37. The van der Waals surface area contributed by atoms with Crippen LogP contribution in [-0.2, 0) is 6.18 Å². The highest BCUT2D eigenvalue weighted by molar-refractivity contribution is 5.74. The summed E-state index contributed by atoms with van der Waals surface area (Å²) in [7, 11) is 0. The molecule has 4 rings (SSSR count). The van der Waals surface area contributed by atoms with Crippen molar-refractivity contribution in [3.8, 4) is 33.6 Å². The third kappa shape index (κ3) is 4.16. The minimum Gasteiger partial charge on any atom is -0.250 e. The summed E-state index contributed by atoms with van der Waals surface area (Å²) in [6.07, 6.45) is -2.71. The van der Waals surface area contributed by atoms with Gasteiger partial charge >= 0.3 is 6.18 Å². The third-order valence-corrected chi connectivity index (χ3v) is 4.59. The third-order valence-electron chi connectivity index (χ3n) is 4.59. The maximum Gasteiger partial charge on any atom is 0.416 e. The number of hydrogen-bond donors (Lipinski definition) is 0. The first kappa shape index (κ1) is 21.4. The van der Waals surface area contributed by atoms with E-state index in [1.54, 1.807) is 0 Å². The summed E-state index contributed by atoms with van der Waals surface area (Å²) in [4.78, 5) is 3.59. The van der Waals surface area contributed by atoms with E-state index in [1.807, 2.05) is 0 Å². The van der Waals surface area contributed by atoms with Crippen LogP contribution in [0.15, 0.2) is 60.9 Å². The van der Waals surface area contributed by atoms with Gasteiger partial charge in [-0.1, -0.05) is 6.07 Å². The molecule has 0 saturated heterocycles. The molecule has 0 atom stereocenters. The van der Waals surface area contributed by atoms with Crippen LogP contribution in [0.1, 0.15) is 5.56 Å². The van der Waals surface area contributed by atoms with Gasteiger partial charge in [0.05, 0.1) is 23.7 Å².